The minimum atomic E-state index is 0.301. The number of nitrogens with zero attached hydrogens (tertiary/aromatic N) is 4. The van der Waals surface area contributed by atoms with Crippen LogP contribution in [-0.2, 0) is 0 Å². The Balaban J connectivity index is 1.46. The minimum absolute atomic E-state index is 0.301. The average Bonchev–Trinajstić information content (AvgIpc) is 3.25. The van der Waals surface area contributed by atoms with Gasteiger partial charge in [0.05, 0.1) is 12.0 Å². The number of ether oxygens (including phenoxy) is 1. The molecule has 1 saturated heterocycles. The van der Waals surface area contributed by atoms with Gasteiger partial charge in [-0.15, -0.1) is 11.3 Å². The lowest BCUT2D eigenvalue weighted by Crippen LogP contribution is -2.47. The van der Waals surface area contributed by atoms with Crippen molar-refractivity contribution in [3.05, 3.63) is 64.3 Å². The summed E-state index contributed by atoms with van der Waals surface area (Å²) in [7, 11) is 0. The van der Waals surface area contributed by atoms with Crippen molar-refractivity contribution in [2.24, 2.45) is 0 Å². The Labute approximate surface area is 203 Å². The molecule has 0 unspecified atom stereocenters. The molecule has 0 radical (unpaired) electrons. The third-order valence-electron chi connectivity index (χ3n) is 6.36. The molecule has 1 aliphatic rings. The number of anilines is 2. The Morgan fingerprint density at radius 3 is 2.42 bits per heavy atom. The molecule has 0 aliphatic carbocycles. The fourth-order valence-corrected chi connectivity index (χ4v) is 5.63. The SMILES string of the molecule is CCOc1ccc(-c2csc3nc(Cl)nc(N4CCN(c5cccc(C)c5C)CC4)c23)cc1. The van der Waals surface area contributed by atoms with E-state index >= 15 is 0 Å². The summed E-state index contributed by atoms with van der Waals surface area (Å²) in [5.74, 6) is 1.80. The Hall–Kier alpha value is -2.83. The van der Waals surface area contributed by atoms with Crippen molar-refractivity contribution in [1.29, 1.82) is 0 Å². The largest absolute Gasteiger partial charge is 0.494 e. The number of aryl methyl sites for hydroxylation is 1. The number of fused-ring (bicyclic) bond motifs is 1. The number of halogens is 1. The highest BCUT2D eigenvalue weighted by molar-refractivity contribution is 7.17. The lowest BCUT2D eigenvalue weighted by Gasteiger charge is -2.38. The van der Waals surface area contributed by atoms with Crippen molar-refractivity contribution in [2.75, 3.05) is 42.6 Å². The van der Waals surface area contributed by atoms with Gasteiger partial charge in [0.2, 0.25) is 5.28 Å². The third-order valence-corrected chi connectivity index (χ3v) is 7.40. The van der Waals surface area contributed by atoms with Crippen LogP contribution in [0.4, 0.5) is 11.5 Å². The summed E-state index contributed by atoms with van der Waals surface area (Å²) in [6.45, 7) is 10.7. The summed E-state index contributed by atoms with van der Waals surface area (Å²) in [4.78, 5) is 15.0. The highest BCUT2D eigenvalue weighted by Gasteiger charge is 2.24. The number of thiophene rings is 1. The second-order valence-corrected chi connectivity index (χ2v) is 9.49. The molecule has 1 aliphatic heterocycles. The van der Waals surface area contributed by atoms with Crippen molar-refractivity contribution in [3.8, 4) is 16.9 Å². The summed E-state index contributed by atoms with van der Waals surface area (Å²) in [6.07, 6.45) is 0. The molecular formula is C26H27ClN4OS. The number of piperazine rings is 1. The van der Waals surface area contributed by atoms with Crippen LogP contribution in [-0.4, -0.2) is 42.8 Å². The summed E-state index contributed by atoms with van der Waals surface area (Å²) in [5.41, 5.74) is 6.28. The lowest BCUT2D eigenvalue weighted by atomic mass is 10.1. The fraction of sp³-hybridized carbons (Fsp3) is 0.308. The second-order valence-electron chi connectivity index (χ2n) is 8.30. The highest BCUT2D eigenvalue weighted by atomic mass is 35.5. The molecule has 170 valence electrons. The van der Waals surface area contributed by atoms with E-state index in [2.05, 4.69) is 64.3 Å². The van der Waals surface area contributed by atoms with Crippen molar-refractivity contribution >= 4 is 44.7 Å². The van der Waals surface area contributed by atoms with E-state index < -0.39 is 0 Å². The molecule has 7 heteroatoms. The normalized spacial score (nSPS) is 14.2. The minimum Gasteiger partial charge on any atom is -0.494 e. The lowest BCUT2D eigenvalue weighted by molar-refractivity contribution is 0.340. The van der Waals surface area contributed by atoms with Gasteiger partial charge in [-0.2, -0.15) is 4.98 Å². The molecular weight excluding hydrogens is 452 g/mol. The first kappa shape index (κ1) is 22.0. The maximum absolute atomic E-state index is 6.35. The average molecular weight is 479 g/mol. The van der Waals surface area contributed by atoms with Crippen molar-refractivity contribution in [1.82, 2.24) is 9.97 Å². The van der Waals surface area contributed by atoms with Crippen molar-refractivity contribution in [3.63, 3.8) is 0 Å². The van der Waals surface area contributed by atoms with Gasteiger partial charge in [0.1, 0.15) is 16.4 Å². The molecule has 5 rings (SSSR count). The number of hydrogen-bond donors (Lipinski definition) is 0. The van der Waals surface area contributed by atoms with Crippen LogP contribution in [0.25, 0.3) is 21.3 Å². The van der Waals surface area contributed by atoms with Crippen molar-refractivity contribution in [2.45, 2.75) is 20.8 Å². The van der Waals surface area contributed by atoms with Crippen LogP contribution in [0.2, 0.25) is 5.28 Å². The van der Waals surface area contributed by atoms with Crippen LogP contribution < -0.4 is 14.5 Å². The third kappa shape index (κ3) is 4.25. The van der Waals surface area contributed by atoms with Gasteiger partial charge in [-0.3, -0.25) is 0 Å². The molecule has 0 bridgehead atoms. The number of rotatable bonds is 5. The Morgan fingerprint density at radius 1 is 0.970 bits per heavy atom. The molecule has 2 aromatic carbocycles. The Bertz CT molecular complexity index is 1280. The number of benzene rings is 2. The molecule has 0 N–H and O–H groups in total. The molecule has 0 spiro atoms. The summed E-state index contributed by atoms with van der Waals surface area (Å²) >= 11 is 7.96. The topological polar surface area (TPSA) is 41.5 Å². The predicted octanol–water partition coefficient (Wildman–Crippen LogP) is 6.35. The molecule has 0 amide bonds. The summed E-state index contributed by atoms with van der Waals surface area (Å²) < 4.78 is 5.61. The zero-order chi connectivity index (χ0) is 22.9. The van der Waals surface area contributed by atoms with Crippen LogP contribution >= 0.6 is 22.9 Å². The maximum atomic E-state index is 6.35. The van der Waals surface area contributed by atoms with E-state index in [9.17, 15) is 0 Å². The van der Waals surface area contributed by atoms with Crippen LogP contribution in [0.1, 0.15) is 18.1 Å². The molecule has 33 heavy (non-hydrogen) atoms. The van der Waals surface area contributed by atoms with E-state index in [1.165, 1.54) is 16.8 Å². The monoisotopic (exact) mass is 478 g/mol. The molecule has 3 heterocycles. The second kappa shape index (κ2) is 9.20. The van der Waals surface area contributed by atoms with Gasteiger partial charge in [0.15, 0.2) is 0 Å². The maximum Gasteiger partial charge on any atom is 0.225 e. The Kier molecular flexibility index (Phi) is 6.13. The molecule has 4 aromatic rings. The van der Waals surface area contributed by atoms with Gasteiger partial charge in [-0.25, -0.2) is 4.98 Å². The summed E-state index contributed by atoms with van der Waals surface area (Å²) in [6, 6.07) is 14.8. The zero-order valence-corrected chi connectivity index (χ0v) is 20.7. The first-order chi connectivity index (χ1) is 16.0. The van der Waals surface area contributed by atoms with E-state index in [-0.39, 0.29) is 0 Å². The number of hydrogen-bond acceptors (Lipinski definition) is 6. The van der Waals surface area contributed by atoms with Gasteiger partial charge in [0, 0.05) is 42.8 Å². The molecule has 2 aromatic heterocycles. The fourth-order valence-electron chi connectivity index (χ4n) is 4.47. The van der Waals surface area contributed by atoms with Gasteiger partial charge < -0.3 is 14.5 Å². The first-order valence-corrected chi connectivity index (χ1v) is 12.5. The Morgan fingerprint density at radius 2 is 1.70 bits per heavy atom. The van der Waals surface area contributed by atoms with Crippen LogP contribution in [0, 0.1) is 13.8 Å². The molecule has 0 saturated carbocycles. The molecule has 1 fully saturated rings. The van der Waals surface area contributed by atoms with Gasteiger partial charge in [-0.1, -0.05) is 24.3 Å². The van der Waals surface area contributed by atoms with E-state index in [0.717, 1.165) is 59.1 Å². The van der Waals surface area contributed by atoms with E-state index in [1.54, 1.807) is 11.3 Å². The quantitative estimate of drug-likeness (QED) is 0.312. The van der Waals surface area contributed by atoms with Gasteiger partial charge >= 0.3 is 0 Å². The van der Waals surface area contributed by atoms with Crippen molar-refractivity contribution < 1.29 is 4.74 Å². The van der Waals surface area contributed by atoms with Crippen LogP contribution in [0.3, 0.4) is 0 Å². The smallest absolute Gasteiger partial charge is 0.225 e. The van der Waals surface area contributed by atoms with Crippen LogP contribution in [0.5, 0.6) is 5.75 Å². The molecule has 0 atom stereocenters. The highest BCUT2D eigenvalue weighted by Crippen LogP contribution is 2.40. The standard InChI is InChI=1S/C26H27ClN4OS/c1-4-32-20-10-8-19(9-11-20)21-16-33-25-23(21)24(28-26(27)29-25)31-14-12-30(13-15-31)22-7-5-6-17(2)18(22)3/h5-11,16H,4,12-15H2,1-3H3. The van der Waals surface area contributed by atoms with E-state index in [0.29, 0.717) is 11.9 Å². The van der Waals surface area contributed by atoms with E-state index in [4.69, 9.17) is 21.3 Å². The first-order valence-electron chi connectivity index (χ1n) is 11.3. The molecule has 5 nitrogen and oxygen atoms in total. The number of aromatic nitrogens is 2. The summed E-state index contributed by atoms with van der Waals surface area (Å²) in [5, 5.41) is 3.53. The zero-order valence-electron chi connectivity index (χ0n) is 19.1. The predicted molar refractivity (Wildman–Crippen MR) is 139 cm³/mol. The van der Waals surface area contributed by atoms with Gasteiger partial charge in [-0.05, 0) is 67.3 Å². The van der Waals surface area contributed by atoms with Gasteiger partial charge in [0.25, 0.3) is 0 Å². The van der Waals surface area contributed by atoms with Crippen LogP contribution in [0.15, 0.2) is 47.8 Å². The van der Waals surface area contributed by atoms with E-state index in [1.807, 2.05) is 19.1 Å².